The number of halogens is 2. The molecule has 0 aliphatic heterocycles. The number of nitrogens with zero attached hydrogens (tertiary/aromatic N) is 1. The van der Waals surface area contributed by atoms with E-state index in [1.54, 1.807) is 0 Å². The van der Waals surface area contributed by atoms with E-state index in [1.165, 1.54) is 0 Å². The maximum Gasteiger partial charge on any atom is 0.264 e. The summed E-state index contributed by atoms with van der Waals surface area (Å²) in [7, 11) is 0. The molecule has 0 radical (unpaired) electrons. The lowest BCUT2D eigenvalue weighted by atomic mass is 10.2. The van der Waals surface area contributed by atoms with Gasteiger partial charge in [-0.2, -0.15) is 0 Å². The number of benzene rings is 1. The molecular formula is C13H12BrIN2O. The van der Waals surface area contributed by atoms with E-state index in [1.807, 2.05) is 24.3 Å². The quantitative estimate of drug-likeness (QED) is 0.771. The number of hydrogen-bond donors (Lipinski definition) is 1. The fraction of sp³-hybridized carbons (Fsp3) is 0.231. The fourth-order valence-corrected chi connectivity index (χ4v) is 2.44. The molecule has 1 heterocycles. The van der Waals surface area contributed by atoms with Crippen LogP contribution in [0.1, 0.15) is 19.0 Å². The first-order valence-electron chi connectivity index (χ1n) is 5.66. The van der Waals surface area contributed by atoms with Crippen molar-refractivity contribution in [2.45, 2.75) is 19.8 Å². The molecule has 0 unspecified atom stereocenters. The Morgan fingerprint density at radius 2 is 2.00 bits per heavy atom. The van der Waals surface area contributed by atoms with Crippen molar-refractivity contribution >= 4 is 38.5 Å². The standard InChI is InChI=1S/C13H12BrIN2O/c1-2-3-10-11(15)13(18)17-12(16-10)8-4-6-9(14)7-5-8/h4-7H,2-3H2,1H3,(H,16,17,18). The van der Waals surface area contributed by atoms with Gasteiger partial charge in [-0.3, -0.25) is 4.79 Å². The van der Waals surface area contributed by atoms with E-state index in [0.717, 1.165) is 28.6 Å². The van der Waals surface area contributed by atoms with Crippen LogP contribution in [0.25, 0.3) is 11.4 Å². The van der Waals surface area contributed by atoms with Crippen LogP contribution in [0.15, 0.2) is 33.5 Å². The predicted octanol–water partition coefficient (Wildman–Crippen LogP) is 3.76. The number of H-pyrrole nitrogens is 1. The molecule has 18 heavy (non-hydrogen) atoms. The maximum absolute atomic E-state index is 11.9. The zero-order valence-corrected chi connectivity index (χ0v) is 13.6. The zero-order chi connectivity index (χ0) is 13.1. The summed E-state index contributed by atoms with van der Waals surface area (Å²) < 4.78 is 1.70. The Morgan fingerprint density at radius 3 is 2.61 bits per heavy atom. The van der Waals surface area contributed by atoms with Crippen LogP contribution in [0.5, 0.6) is 0 Å². The first-order valence-corrected chi connectivity index (χ1v) is 7.53. The van der Waals surface area contributed by atoms with E-state index in [9.17, 15) is 4.79 Å². The van der Waals surface area contributed by atoms with Crippen LogP contribution in [-0.4, -0.2) is 9.97 Å². The van der Waals surface area contributed by atoms with Crippen LogP contribution in [-0.2, 0) is 6.42 Å². The summed E-state index contributed by atoms with van der Waals surface area (Å²) in [6, 6.07) is 7.75. The van der Waals surface area contributed by atoms with Crippen molar-refractivity contribution < 1.29 is 0 Å². The van der Waals surface area contributed by atoms with Gasteiger partial charge < -0.3 is 4.98 Å². The van der Waals surface area contributed by atoms with Crippen molar-refractivity contribution in [3.8, 4) is 11.4 Å². The Labute approximate surface area is 127 Å². The highest BCUT2D eigenvalue weighted by atomic mass is 127. The molecule has 0 bridgehead atoms. The van der Waals surface area contributed by atoms with Crippen LogP contribution < -0.4 is 5.56 Å². The first kappa shape index (κ1) is 13.7. The van der Waals surface area contributed by atoms with E-state index in [-0.39, 0.29) is 5.56 Å². The monoisotopic (exact) mass is 418 g/mol. The number of aryl methyl sites for hydroxylation is 1. The number of aromatic nitrogens is 2. The Bertz CT molecular complexity index is 607. The third-order valence-corrected chi connectivity index (χ3v) is 4.18. The summed E-state index contributed by atoms with van der Waals surface area (Å²) in [5.74, 6) is 0.636. The maximum atomic E-state index is 11.9. The molecule has 1 aromatic heterocycles. The highest BCUT2D eigenvalue weighted by Gasteiger charge is 2.09. The third kappa shape index (κ3) is 3.00. The number of aromatic amines is 1. The molecule has 0 saturated carbocycles. The second-order valence-electron chi connectivity index (χ2n) is 3.93. The SMILES string of the molecule is CCCc1nc(-c2ccc(Br)cc2)[nH]c(=O)c1I. The number of hydrogen-bond acceptors (Lipinski definition) is 2. The topological polar surface area (TPSA) is 45.8 Å². The fourth-order valence-electron chi connectivity index (χ4n) is 1.65. The van der Waals surface area contributed by atoms with Crippen LogP contribution in [0.3, 0.4) is 0 Å². The summed E-state index contributed by atoms with van der Waals surface area (Å²) in [4.78, 5) is 19.2. The van der Waals surface area contributed by atoms with Crippen LogP contribution >= 0.6 is 38.5 Å². The Hall–Kier alpha value is -0.690. The lowest BCUT2D eigenvalue weighted by Gasteiger charge is -2.06. The molecule has 3 nitrogen and oxygen atoms in total. The molecule has 1 N–H and O–H groups in total. The highest BCUT2D eigenvalue weighted by molar-refractivity contribution is 14.1. The molecule has 0 aliphatic carbocycles. The number of rotatable bonds is 3. The second-order valence-corrected chi connectivity index (χ2v) is 5.93. The number of nitrogens with one attached hydrogen (secondary N) is 1. The van der Waals surface area contributed by atoms with Crippen molar-refractivity contribution in [3.05, 3.63) is 48.4 Å². The predicted molar refractivity (Wildman–Crippen MR) is 84.7 cm³/mol. The molecular weight excluding hydrogens is 407 g/mol. The third-order valence-electron chi connectivity index (χ3n) is 2.54. The second kappa shape index (κ2) is 5.97. The van der Waals surface area contributed by atoms with Crippen molar-refractivity contribution in [2.24, 2.45) is 0 Å². The van der Waals surface area contributed by atoms with E-state index < -0.39 is 0 Å². The van der Waals surface area contributed by atoms with Gasteiger partial charge in [-0.15, -0.1) is 0 Å². The zero-order valence-electron chi connectivity index (χ0n) is 9.84. The molecule has 0 spiro atoms. The van der Waals surface area contributed by atoms with Gasteiger partial charge in [0.05, 0.1) is 9.26 Å². The van der Waals surface area contributed by atoms with Gasteiger partial charge in [0.1, 0.15) is 5.82 Å². The smallest absolute Gasteiger partial charge is 0.264 e. The van der Waals surface area contributed by atoms with Crippen molar-refractivity contribution in [2.75, 3.05) is 0 Å². The molecule has 0 aliphatic rings. The lowest BCUT2D eigenvalue weighted by molar-refractivity contribution is 0.860. The molecule has 2 rings (SSSR count). The van der Waals surface area contributed by atoms with E-state index in [0.29, 0.717) is 9.39 Å². The molecule has 2 aromatic rings. The van der Waals surface area contributed by atoms with Crippen LogP contribution in [0, 0.1) is 3.57 Å². The normalized spacial score (nSPS) is 10.6. The molecule has 0 amide bonds. The van der Waals surface area contributed by atoms with Crippen LogP contribution in [0.2, 0.25) is 0 Å². The van der Waals surface area contributed by atoms with Gasteiger partial charge >= 0.3 is 0 Å². The van der Waals surface area contributed by atoms with Gasteiger partial charge in [-0.05, 0) is 41.1 Å². The Kier molecular flexibility index (Phi) is 4.55. The van der Waals surface area contributed by atoms with Gasteiger partial charge in [0.15, 0.2) is 0 Å². The van der Waals surface area contributed by atoms with Crippen molar-refractivity contribution in [3.63, 3.8) is 0 Å². The summed E-state index contributed by atoms with van der Waals surface area (Å²) in [5, 5.41) is 0. The minimum atomic E-state index is -0.0630. The average molecular weight is 419 g/mol. The molecule has 94 valence electrons. The highest BCUT2D eigenvalue weighted by Crippen LogP contribution is 2.19. The Morgan fingerprint density at radius 1 is 1.33 bits per heavy atom. The van der Waals surface area contributed by atoms with E-state index in [4.69, 9.17) is 0 Å². The summed E-state index contributed by atoms with van der Waals surface area (Å²) in [6.45, 7) is 2.08. The van der Waals surface area contributed by atoms with Gasteiger partial charge in [-0.1, -0.05) is 41.4 Å². The lowest BCUT2D eigenvalue weighted by Crippen LogP contribution is -2.16. The van der Waals surface area contributed by atoms with Gasteiger partial charge in [-0.25, -0.2) is 4.98 Å². The van der Waals surface area contributed by atoms with Gasteiger partial charge in [0.25, 0.3) is 5.56 Å². The van der Waals surface area contributed by atoms with Crippen LogP contribution in [0.4, 0.5) is 0 Å². The van der Waals surface area contributed by atoms with E-state index >= 15 is 0 Å². The molecule has 1 aromatic carbocycles. The van der Waals surface area contributed by atoms with Crippen molar-refractivity contribution in [1.29, 1.82) is 0 Å². The summed E-state index contributed by atoms with van der Waals surface area (Å²) in [6.07, 6.45) is 1.80. The largest absolute Gasteiger partial charge is 0.306 e. The molecule has 0 saturated heterocycles. The molecule has 5 heteroatoms. The Balaban J connectivity index is 2.51. The van der Waals surface area contributed by atoms with Gasteiger partial charge in [0.2, 0.25) is 0 Å². The van der Waals surface area contributed by atoms with Gasteiger partial charge in [0, 0.05) is 10.0 Å². The van der Waals surface area contributed by atoms with Crippen molar-refractivity contribution in [1.82, 2.24) is 9.97 Å². The minimum absolute atomic E-state index is 0.0630. The van der Waals surface area contributed by atoms with E-state index in [2.05, 4.69) is 55.4 Å². The average Bonchev–Trinajstić information content (AvgIpc) is 2.36. The minimum Gasteiger partial charge on any atom is -0.306 e. The molecule has 0 fully saturated rings. The summed E-state index contributed by atoms with van der Waals surface area (Å²) >= 11 is 5.45. The summed E-state index contributed by atoms with van der Waals surface area (Å²) in [5.41, 5.74) is 1.73. The molecule has 0 atom stereocenters. The first-order chi connectivity index (χ1) is 8.61.